The van der Waals surface area contributed by atoms with Crippen molar-refractivity contribution in [1.82, 2.24) is 0 Å². The molecular formula is C27H22N2O4Si. The van der Waals surface area contributed by atoms with Crippen LogP contribution >= 0.6 is 0 Å². The van der Waals surface area contributed by atoms with Crippen molar-refractivity contribution in [2.45, 2.75) is 6.92 Å². The highest BCUT2D eigenvalue weighted by molar-refractivity contribution is 7.07. The van der Waals surface area contributed by atoms with Gasteiger partial charge in [0.25, 0.3) is 0 Å². The molecule has 0 bridgehead atoms. The van der Waals surface area contributed by atoms with E-state index in [1.54, 1.807) is 18.2 Å². The van der Waals surface area contributed by atoms with Gasteiger partial charge in [-0.25, -0.2) is 9.59 Å². The van der Waals surface area contributed by atoms with Crippen LogP contribution in [0.4, 0.5) is 9.59 Å². The fourth-order valence-electron chi connectivity index (χ4n) is 3.73. The van der Waals surface area contributed by atoms with Gasteiger partial charge in [0, 0.05) is 0 Å². The van der Waals surface area contributed by atoms with Crippen LogP contribution in [0, 0.1) is 6.92 Å². The molecule has 0 heterocycles. The smallest absolute Gasteiger partial charge is 0.458 e. The van der Waals surface area contributed by atoms with Crippen LogP contribution in [0.25, 0.3) is 0 Å². The molecule has 0 unspecified atom stereocenters. The Morgan fingerprint density at radius 3 is 1.56 bits per heavy atom. The van der Waals surface area contributed by atoms with Gasteiger partial charge in [-0.1, -0.05) is 113 Å². The van der Waals surface area contributed by atoms with E-state index in [0.29, 0.717) is 5.75 Å². The van der Waals surface area contributed by atoms with Gasteiger partial charge < -0.3 is 9.16 Å². The molecule has 0 saturated carbocycles. The molecule has 6 nitrogen and oxygen atoms in total. The van der Waals surface area contributed by atoms with Crippen LogP contribution in [0.1, 0.15) is 5.56 Å². The first kappa shape index (κ1) is 22.8. The van der Waals surface area contributed by atoms with Gasteiger partial charge in [0.05, 0.1) is 0 Å². The highest BCUT2D eigenvalue weighted by Crippen LogP contribution is 2.14. The normalized spacial score (nSPS) is 11.2. The highest BCUT2D eigenvalue weighted by Gasteiger charge is 2.45. The molecule has 0 N–H and O–H groups in total. The predicted octanol–water partition coefficient (Wildman–Crippen LogP) is 4.75. The molecule has 0 aliphatic heterocycles. The molecule has 0 saturated heterocycles. The van der Waals surface area contributed by atoms with Crippen LogP contribution < -0.4 is 20.3 Å². The van der Waals surface area contributed by atoms with E-state index >= 15 is 0 Å². The molecule has 0 aromatic heterocycles. The summed E-state index contributed by atoms with van der Waals surface area (Å²) in [5.41, 5.74) is 0.922. The molecule has 0 atom stereocenters. The summed E-state index contributed by atoms with van der Waals surface area (Å²) in [6, 6.07) is 35.6. The minimum Gasteiger partial charge on any atom is -0.487 e. The minimum atomic E-state index is -3.30. The molecule has 2 amide bonds. The quantitative estimate of drug-likeness (QED) is 0.242. The monoisotopic (exact) mass is 466 g/mol. The third-order valence-electron chi connectivity index (χ3n) is 5.19. The lowest BCUT2D eigenvalue weighted by Gasteiger charge is -2.31. The number of hydrogen-bond donors (Lipinski definition) is 0. The van der Waals surface area contributed by atoms with E-state index in [1.807, 2.05) is 104 Å². The maximum atomic E-state index is 12.9. The topological polar surface area (TPSA) is 77.3 Å². The van der Waals surface area contributed by atoms with Crippen molar-refractivity contribution >= 4 is 36.1 Å². The van der Waals surface area contributed by atoms with E-state index in [1.165, 1.54) is 0 Å². The summed E-state index contributed by atoms with van der Waals surface area (Å²) in [5.74, 6) is 0.318. The Morgan fingerprint density at radius 2 is 1.09 bits per heavy atom. The second-order valence-corrected chi connectivity index (χ2v) is 10.8. The molecule has 4 aromatic carbocycles. The van der Waals surface area contributed by atoms with E-state index in [0.717, 1.165) is 21.1 Å². The molecule has 34 heavy (non-hydrogen) atoms. The largest absolute Gasteiger partial charge is 0.487 e. The van der Waals surface area contributed by atoms with Gasteiger partial charge in [0.1, 0.15) is 5.75 Å². The lowest BCUT2D eigenvalue weighted by Crippen LogP contribution is -2.69. The Bertz CT molecular complexity index is 1200. The van der Waals surface area contributed by atoms with Gasteiger partial charge in [-0.3, -0.25) is 0 Å². The van der Waals surface area contributed by atoms with Crippen LogP contribution in [-0.4, -0.2) is 20.5 Å². The van der Waals surface area contributed by atoms with Crippen molar-refractivity contribution in [2.24, 2.45) is 10.2 Å². The number of carbonyl (C=O) groups excluding carboxylic acids is 2. The summed E-state index contributed by atoms with van der Waals surface area (Å²) in [4.78, 5) is 25.1. The molecule has 4 aromatic rings. The maximum absolute atomic E-state index is 12.9. The number of aryl methyl sites for hydroxylation is 1. The van der Waals surface area contributed by atoms with Gasteiger partial charge in [0.15, 0.2) is 0 Å². The van der Waals surface area contributed by atoms with Gasteiger partial charge in [-0.15, -0.1) is 0 Å². The van der Waals surface area contributed by atoms with Crippen molar-refractivity contribution in [2.75, 3.05) is 0 Å². The maximum Gasteiger partial charge on any atom is 0.458 e. The van der Waals surface area contributed by atoms with Crippen LogP contribution in [0.2, 0.25) is 0 Å². The second kappa shape index (κ2) is 10.5. The first-order valence-corrected chi connectivity index (χ1v) is 12.6. The molecule has 0 fully saturated rings. The fraction of sp³-hybridized carbons (Fsp3) is 0.0370. The lowest BCUT2D eigenvalue weighted by molar-refractivity contribution is 0.200. The van der Waals surface area contributed by atoms with Crippen LogP contribution in [-0.2, 0) is 4.43 Å². The van der Waals surface area contributed by atoms with Gasteiger partial charge in [-0.2, -0.15) is 0 Å². The number of amides is 2. The second-order valence-electron chi connectivity index (χ2n) is 7.53. The van der Waals surface area contributed by atoms with E-state index < -0.39 is 20.5 Å². The third-order valence-corrected chi connectivity index (χ3v) is 9.11. The van der Waals surface area contributed by atoms with E-state index in [9.17, 15) is 9.59 Å². The van der Waals surface area contributed by atoms with Crippen molar-refractivity contribution in [3.05, 3.63) is 121 Å². The number of rotatable bonds is 5. The van der Waals surface area contributed by atoms with Crippen LogP contribution in [0.5, 0.6) is 5.75 Å². The average molecular weight is 467 g/mol. The van der Waals surface area contributed by atoms with Crippen molar-refractivity contribution in [1.29, 1.82) is 0 Å². The number of benzene rings is 4. The number of azo groups is 1. The third kappa shape index (κ3) is 5.16. The lowest BCUT2D eigenvalue weighted by atomic mass is 10.2. The predicted molar refractivity (Wildman–Crippen MR) is 133 cm³/mol. The molecule has 0 spiro atoms. The number of nitrogens with zero attached hydrogens (tertiary/aromatic N) is 2. The number of carbonyl (C=O) groups is 2. The SMILES string of the molecule is Cc1cccc(OC(=O)/N=N/C(=O)O[Si](c2ccccc2)(c2ccccc2)c2ccccc2)c1. The van der Waals surface area contributed by atoms with Gasteiger partial charge >= 0.3 is 20.5 Å². The Morgan fingerprint density at radius 1 is 0.618 bits per heavy atom. The average Bonchev–Trinajstić information content (AvgIpc) is 2.88. The Balaban J connectivity index is 1.68. The minimum absolute atomic E-state index is 0.318. The Hall–Kier alpha value is -4.36. The van der Waals surface area contributed by atoms with E-state index in [2.05, 4.69) is 10.2 Å². The van der Waals surface area contributed by atoms with Gasteiger partial charge in [-0.05, 0) is 40.2 Å². The highest BCUT2D eigenvalue weighted by atomic mass is 28.4. The number of hydrogen-bond acceptors (Lipinski definition) is 4. The standard InChI is InChI=1S/C27H22N2O4Si/c1-21-12-11-13-22(20-21)32-26(30)28-29-27(31)33-34(23-14-5-2-6-15-23,24-16-7-3-8-17-24)25-18-9-4-10-19-25/h2-20H,1H3/b29-28+. The van der Waals surface area contributed by atoms with Crippen LogP contribution in [0.15, 0.2) is 125 Å². The molecule has 168 valence electrons. The van der Waals surface area contributed by atoms with E-state index in [-0.39, 0.29) is 0 Å². The summed E-state index contributed by atoms with van der Waals surface area (Å²) < 4.78 is 11.3. The molecule has 0 radical (unpaired) electrons. The zero-order valence-corrected chi connectivity index (χ0v) is 19.5. The first-order valence-electron chi connectivity index (χ1n) is 10.7. The number of ether oxygens (including phenoxy) is 1. The Labute approximate surface area is 198 Å². The van der Waals surface area contributed by atoms with Crippen LogP contribution in [0.3, 0.4) is 0 Å². The molecule has 4 rings (SSSR count). The summed E-state index contributed by atoms with van der Waals surface area (Å²) in [6.07, 6.45) is -1.97. The zero-order valence-electron chi connectivity index (χ0n) is 18.5. The molecule has 0 aliphatic rings. The van der Waals surface area contributed by atoms with Crippen molar-refractivity contribution < 1.29 is 18.8 Å². The summed E-state index contributed by atoms with van der Waals surface area (Å²) in [7, 11) is -3.30. The van der Waals surface area contributed by atoms with E-state index in [4.69, 9.17) is 9.16 Å². The molecule has 7 heteroatoms. The van der Waals surface area contributed by atoms with Crippen molar-refractivity contribution in [3.8, 4) is 5.75 Å². The summed E-state index contributed by atoms with van der Waals surface area (Å²) >= 11 is 0. The summed E-state index contributed by atoms with van der Waals surface area (Å²) in [6.45, 7) is 1.87. The molecule has 0 aliphatic carbocycles. The Kier molecular flexibility index (Phi) is 7.05. The van der Waals surface area contributed by atoms with Gasteiger partial charge in [0.2, 0.25) is 0 Å². The van der Waals surface area contributed by atoms with Crippen molar-refractivity contribution in [3.63, 3.8) is 0 Å². The summed E-state index contributed by atoms with van der Waals surface area (Å²) in [5, 5.41) is 9.53. The molecular weight excluding hydrogens is 444 g/mol. The fourth-order valence-corrected chi connectivity index (χ4v) is 7.37. The first-order chi connectivity index (χ1) is 16.6. The zero-order chi connectivity index (χ0) is 23.8.